The summed E-state index contributed by atoms with van der Waals surface area (Å²) in [6.45, 7) is 20.9. The van der Waals surface area contributed by atoms with Crippen LogP contribution in [0.5, 0.6) is 23.0 Å². The molecule has 0 saturated heterocycles. The topological polar surface area (TPSA) is 24.9 Å². The van der Waals surface area contributed by atoms with E-state index in [-0.39, 0.29) is 29.8 Å². The van der Waals surface area contributed by atoms with E-state index in [0.717, 1.165) is 28.5 Å². The van der Waals surface area contributed by atoms with Gasteiger partial charge in [-0.25, -0.2) is 0 Å². The Kier molecular flexibility index (Phi) is 5.44. The summed E-state index contributed by atoms with van der Waals surface area (Å²) < 4.78 is 14.0. The molecule has 4 nitrogen and oxygen atoms in total. The molecule has 0 N–H and O–H groups in total. The largest absolute Gasteiger partial charge is 0.458 e. The van der Waals surface area contributed by atoms with Gasteiger partial charge in [-0.1, -0.05) is 92.6 Å². The normalized spacial score (nSPS) is 15.6. The lowest BCUT2D eigenvalue weighted by Crippen LogP contribution is -2.71. The Bertz CT molecular complexity index is 2590. The molecule has 0 atom stereocenters. The Morgan fingerprint density at radius 3 is 1.37 bits per heavy atom. The first-order valence-electron chi connectivity index (χ1n) is 19.6. The molecule has 6 aliphatic heterocycles. The van der Waals surface area contributed by atoms with Gasteiger partial charge < -0.3 is 19.2 Å². The van der Waals surface area contributed by atoms with Gasteiger partial charge in [0.05, 0.1) is 0 Å². The van der Waals surface area contributed by atoms with Crippen molar-refractivity contribution < 1.29 is 9.47 Å². The van der Waals surface area contributed by atoms with Crippen LogP contribution < -0.4 is 46.5 Å². The van der Waals surface area contributed by atoms with E-state index in [0.29, 0.717) is 0 Å². The van der Waals surface area contributed by atoms with E-state index in [2.05, 4.69) is 163 Å². The van der Waals surface area contributed by atoms with Gasteiger partial charge >= 0.3 is 6.85 Å². The van der Waals surface area contributed by atoms with Crippen LogP contribution in [0.3, 0.4) is 0 Å². The number of nitrogens with zero attached hydrogens (tertiary/aromatic N) is 2. The summed E-state index contributed by atoms with van der Waals surface area (Å²) in [6, 6.07) is 34.7. The van der Waals surface area contributed by atoms with Gasteiger partial charge in [-0.2, -0.15) is 0 Å². The van der Waals surface area contributed by atoms with E-state index in [1.165, 1.54) is 89.2 Å². The summed E-state index contributed by atoms with van der Waals surface area (Å²) >= 11 is 0. The Labute approximate surface area is 318 Å². The molecule has 6 heteroatoms. The Balaban J connectivity index is 1.27. The Morgan fingerprint density at radius 2 is 0.907 bits per heavy atom. The SMILES string of the molecule is CC(C)(C)c1cc2c3c(c1)Oc1ccc4c5c1B3c1c(ccc3c1N5B1c5c-3cc(C(C)(C)C)cc5N(c3ccccc3)c3cc(C(C)(C)C)cc-4c31)O2. The molecular weight excluding hydrogens is 658 g/mol. The number of ether oxygens (including phenoxy) is 2. The van der Waals surface area contributed by atoms with Crippen LogP contribution >= 0.6 is 0 Å². The predicted molar refractivity (Wildman–Crippen MR) is 227 cm³/mol. The van der Waals surface area contributed by atoms with Crippen LogP contribution in [0, 0.1) is 0 Å². The molecule has 6 aliphatic rings. The van der Waals surface area contributed by atoms with Crippen molar-refractivity contribution in [2.75, 3.05) is 9.71 Å². The molecule has 0 amide bonds. The van der Waals surface area contributed by atoms with Gasteiger partial charge in [0, 0.05) is 45.0 Å². The number of anilines is 5. The molecule has 0 aromatic heterocycles. The molecule has 262 valence electrons. The highest BCUT2D eigenvalue weighted by Crippen LogP contribution is 2.56. The highest BCUT2D eigenvalue weighted by molar-refractivity contribution is 7.04. The Hall–Kier alpha value is -5.35. The summed E-state index contributed by atoms with van der Waals surface area (Å²) in [7, 11) is 0. The third-order valence-electron chi connectivity index (χ3n) is 13.0. The maximum atomic E-state index is 7.02. The van der Waals surface area contributed by atoms with E-state index in [4.69, 9.17) is 9.47 Å². The summed E-state index contributed by atoms with van der Waals surface area (Å²) in [5.74, 6) is 3.76. The minimum atomic E-state index is -0.0567. The van der Waals surface area contributed by atoms with Gasteiger partial charge in [0.25, 0.3) is 6.71 Å². The van der Waals surface area contributed by atoms with Crippen molar-refractivity contribution in [2.24, 2.45) is 0 Å². The van der Waals surface area contributed by atoms with Crippen LogP contribution in [0.1, 0.15) is 79.0 Å². The molecule has 0 saturated carbocycles. The maximum Gasteiger partial charge on any atom is 0.333 e. The molecule has 0 aliphatic carbocycles. The van der Waals surface area contributed by atoms with Crippen molar-refractivity contribution in [3.63, 3.8) is 0 Å². The fraction of sp³-hybridized carbons (Fsp3) is 0.250. The van der Waals surface area contributed by atoms with Crippen LogP contribution in [-0.2, 0) is 16.2 Å². The number of para-hydroxylation sites is 1. The Morgan fingerprint density at radius 1 is 0.444 bits per heavy atom. The molecule has 6 aromatic carbocycles. The summed E-state index contributed by atoms with van der Waals surface area (Å²) in [4.78, 5) is 5.28. The molecule has 0 spiro atoms. The zero-order valence-corrected chi connectivity index (χ0v) is 32.5. The molecule has 0 unspecified atom stereocenters. The highest BCUT2D eigenvalue weighted by Gasteiger charge is 2.57. The van der Waals surface area contributed by atoms with E-state index in [1.807, 2.05) is 0 Å². The quantitative estimate of drug-likeness (QED) is 0.160. The molecule has 0 bridgehead atoms. The van der Waals surface area contributed by atoms with Crippen molar-refractivity contribution in [3.05, 3.63) is 108 Å². The van der Waals surface area contributed by atoms with Crippen molar-refractivity contribution >= 4 is 69.3 Å². The predicted octanol–water partition coefficient (Wildman–Crippen LogP) is 9.31. The maximum absolute atomic E-state index is 7.02. The average Bonchev–Trinajstić information content (AvgIpc) is 3.12. The monoisotopic (exact) mass is 700 g/mol. The van der Waals surface area contributed by atoms with E-state index < -0.39 is 0 Å². The van der Waals surface area contributed by atoms with E-state index >= 15 is 0 Å². The van der Waals surface area contributed by atoms with Crippen LogP contribution in [0.4, 0.5) is 28.4 Å². The second kappa shape index (κ2) is 9.47. The van der Waals surface area contributed by atoms with Gasteiger partial charge in [-0.05, 0) is 127 Å². The molecule has 6 aromatic rings. The van der Waals surface area contributed by atoms with E-state index in [9.17, 15) is 0 Å². The summed E-state index contributed by atoms with van der Waals surface area (Å²) in [6.07, 6.45) is 0. The van der Waals surface area contributed by atoms with Crippen molar-refractivity contribution in [1.82, 2.24) is 0 Å². The van der Waals surface area contributed by atoms with Gasteiger partial charge in [-0.15, -0.1) is 0 Å². The second-order valence-electron chi connectivity index (χ2n) is 19.4. The minimum Gasteiger partial charge on any atom is -0.458 e. The first-order chi connectivity index (χ1) is 25.7. The molecule has 12 rings (SSSR count). The lowest BCUT2D eigenvalue weighted by atomic mass is 9.30. The van der Waals surface area contributed by atoms with Crippen LogP contribution in [-0.4, -0.2) is 13.6 Å². The first-order valence-corrected chi connectivity index (χ1v) is 19.6. The zero-order valence-electron chi connectivity index (χ0n) is 32.5. The molecule has 0 radical (unpaired) electrons. The van der Waals surface area contributed by atoms with Gasteiger partial charge in [0.1, 0.15) is 23.0 Å². The number of rotatable bonds is 1. The minimum absolute atomic E-state index is 0.00647. The van der Waals surface area contributed by atoms with Gasteiger partial charge in [-0.3, -0.25) is 0 Å². The smallest absolute Gasteiger partial charge is 0.333 e. The fourth-order valence-electron chi connectivity index (χ4n) is 10.3. The lowest BCUT2D eigenvalue weighted by molar-refractivity contribution is 0.458. The first kappa shape index (κ1) is 31.0. The standard InChI is InChI=1S/C48H42B2N2O2/c1-46(2,3)25-19-31-29-15-17-35-42-44(29)52-45-30(16-18-36-43(45)49(42)41-37(53-35)23-27(48(7,8)9)24-38(41)54-36)32-20-26(47(4,5)6)22-34-40(32)50(52)39(31)33(21-25)51(34)28-13-11-10-12-14-28/h10-24H,1-9H3. The highest BCUT2D eigenvalue weighted by atomic mass is 16.5. The second-order valence-corrected chi connectivity index (χ2v) is 19.4. The van der Waals surface area contributed by atoms with Gasteiger partial charge in [0.15, 0.2) is 0 Å². The van der Waals surface area contributed by atoms with Crippen molar-refractivity contribution in [2.45, 2.75) is 78.6 Å². The molecular formula is C48H42B2N2O2. The number of hydrogen-bond acceptors (Lipinski definition) is 4. The van der Waals surface area contributed by atoms with Crippen LogP contribution in [0.15, 0.2) is 91.0 Å². The zero-order chi connectivity index (χ0) is 37.0. The fourth-order valence-corrected chi connectivity index (χ4v) is 10.3. The summed E-state index contributed by atoms with van der Waals surface area (Å²) in [5.41, 5.74) is 21.7. The molecule has 54 heavy (non-hydrogen) atoms. The van der Waals surface area contributed by atoms with Crippen molar-refractivity contribution in [3.8, 4) is 45.3 Å². The third-order valence-corrected chi connectivity index (χ3v) is 13.0. The molecule has 0 fully saturated rings. The van der Waals surface area contributed by atoms with Crippen LogP contribution in [0.25, 0.3) is 22.3 Å². The summed E-state index contributed by atoms with van der Waals surface area (Å²) in [5, 5.41) is 0. The third kappa shape index (κ3) is 3.67. The average molecular weight is 701 g/mol. The van der Waals surface area contributed by atoms with Gasteiger partial charge in [0.2, 0.25) is 0 Å². The lowest BCUT2D eigenvalue weighted by Gasteiger charge is -2.54. The van der Waals surface area contributed by atoms with Crippen LogP contribution in [0.2, 0.25) is 0 Å². The number of hydrogen-bond donors (Lipinski definition) is 0. The number of fused-ring (bicyclic) bond motifs is 2. The van der Waals surface area contributed by atoms with Crippen molar-refractivity contribution in [1.29, 1.82) is 0 Å². The van der Waals surface area contributed by atoms with E-state index in [1.54, 1.807) is 0 Å². The molecule has 6 heterocycles. The number of benzene rings is 6.